The summed E-state index contributed by atoms with van der Waals surface area (Å²) in [4.78, 5) is 2.58. The highest BCUT2D eigenvalue weighted by atomic mass is 32.1. The molecule has 0 aliphatic carbocycles. The van der Waals surface area contributed by atoms with Gasteiger partial charge in [-0.2, -0.15) is 5.21 Å². The summed E-state index contributed by atoms with van der Waals surface area (Å²) in [6, 6.07) is 14.7. The molecule has 96 valence electrons. The summed E-state index contributed by atoms with van der Waals surface area (Å²) in [6.45, 7) is 1.43. The molecule has 0 saturated carbocycles. The molecule has 1 aromatic carbocycles. The van der Waals surface area contributed by atoms with Crippen LogP contribution in [0.25, 0.3) is 10.4 Å². The summed E-state index contributed by atoms with van der Waals surface area (Å²) < 4.78 is 0. The monoisotopic (exact) mass is 271 g/mol. The van der Waals surface area contributed by atoms with Crippen molar-refractivity contribution in [1.29, 1.82) is 0 Å². The molecule has 3 aromatic rings. The number of aromatic amines is 1. The Bertz CT molecular complexity index is 618. The van der Waals surface area contributed by atoms with Crippen molar-refractivity contribution < 1.29 is 0 Å². The molecule has 0 spiro atoms. The van der Waals surface area contributed by atoms with Gasteiger partial charge in [-0.1, -0.05) is 35.5 Å². The van der Waals surface area contributed by atoms with E-state index in [1.807, 2.05) is 6.07 Å². The Labute approximate surface area is 114 Å². The lowest BCUT2D eigenvalue weighted by Gasteiger charge is -1.98. The highest BCUT2D eigenvalue weighted by Crippen LogP contribution is 2.27. The number of benzene rings is 1. The van der Waals surface area contributed by atoms with Crippen LogP contribution < -0.4 is 5.32 Å². The molecule has 0 radical (unpaired) electrons. The topological polar surface area (TPSA) is 66.5 Å². The lowest BCUT2D eigenvalue weighted by Crippen LogP contribution is -2.12. The fourth-order valence-corrected chi connectivity index (χ4v) is 2.77. The van der Waals surface area contributed by atoms with E-state index in [9.17, 15) is 0 Å². The lowest BCUT2D eigenvalue weighted by atomic mass is 10.2. The fraction of sp³-hybridized carbons (Fsp3) is 0.154. The van der Waals surface area contributed by atoms with E-state index in [2.05, 4.69) is 62.3 Å². The van der Waals surface area contributed by atoms with Gasteiger partial charge in [0.2, 0.25) is 0 Å². The lowest BCUT2D eigenvalue weighted by molar-refractivity contribution is 0.669. The van der Waals surface area contributed by atoms with Crippen LogP contribution in [0.3, 0.4) is 0 Å². The number of nitrogens with zero attached hydrogens (tertiary/aromatic N) is 3. The molecule has 2 heterocycles. The number of H-pyrrole nitrogens is 1. The number of aromatic nitrogens is 4. The maximum absolute atomic E-state index is 3.89. The van der Waals surface area contributed by atoms with E-state index in [4.69, 9.17) is 0 Å². The Hall–Kier alpha value is -2.05. The Kier molecular flexibility index (Phi) is 3.62. The second-order valence-corrected chi connectivity index (χ2v) is 5.23. The quantitative estimate of drug-likeness (QED) is 0.746. The van der Waals surface area contributed by atoms with Gasteiger partial charge in [0, 0.05) is 16.3 Å². The van der Waals surface area contributed by atoms with Crippen molar-refractivity contribution in [3.63, 3.8) is 0 Å². The van der Waals surface area contributed by atoms with Crippen LogP contribution in [0.4, 0.5) is 0 Å². The normalized spacial score (nSPS) is 10.7. The Morgan fingerprint density at radius 3 is 2.74 bits per heavy atom. The van der Waals surface area contributed by atoms with Gasteiger partial charge in [-0.05, 0) is 17.7 Å². The van der Waals surface area contributed by atoms with Crippen LogP contribution in [-0.2, 0) is 13.1 Å². The largest absolute Gasteiger partial charge is 0.305 e. The molecule has 0 atom stereocenters. The number of hydrogen-bond donors (Lipinski definition) is 2. The molecule has 0 saturated heterocycles. The maximum Gasteiger partial charge on any atom is 0.188 e. The second-order valence-electron chi connectivity index (χ2n) is 4.06. The molecule has 2 N–H and O–H groups in total. The van der Waals surface area contributed by atoms with Crippen LogP contribution in [0.2, 0.25) is 0 Å². The minimum absolute atomic E-state index is 0.620. The molecule has 0 bridgehead atoms. The van der Waals surface area contributed by atoms with Gasteiger partial charge >= 0.3 is 0 Å². The van der Waals surface area contributed by atoms with E-state index in [0.717, 1.165) is 6.54 Å². The third-order valence-electron chi connectivity index (χ3n) is 2.69. The van der Waals surface area contributed by atoms with Crippen LogP contribution in [0.15, 0.2) is 42.5 Å². The van der Waals surface area contributed by atoms with Crippen LogP contribution in [0.5, 0.6) is 0 Å². The fourth-order valence-electron chi connectivity index (χ4n) is 1.79. The summed E-state index contributed by atoms with van der Waals surface area (Å²) in [5, 5.41) is 17.0. The van der Waals surface area contributed by atoms with Crippen LogP contribution >= 0.6 is 11.3 Å². The molecule has 0 amide bonds. The molecule has 3 rings (SSSR count). The molecule has 19 heavy (non-hydrogen) atoms. The van der Waals surface area contributed by atoms with E-state index in [-0.39, 0.29) is 0 Å². The van der Waals surface area contributed by atoms with Gasteiger partial charge in [0.1, 0.15) is 0 Å². The summed E-state index contributed by atoms with van der Waals surface area (Å²) >= 11 is 1.80. The summed E-state index contributed by atoms with van der Waals surface area (Å²) in [7, 11) is 0. The average molecular weight is 271 g/mol. The predicted octanol–water partition coefficient (Wildman–Crippen LogP) is 2.22. The van der Waals surface area contributed by atoms with Crippen molar-refractivity contribution in [2.75, 3.05) is 0 Å². The van der Waals surface area contributed by atoms with E-state index in [0.29, 0.717) is 12.4 Å². The summed E-state index contributed by atoms with van der Waals surface area (Å²) in [6.07, 6.45) is 0. The zero-order valence-corrected chi connectivity index (χ0v) is 11.0. The first-order chi connectivity index (χ1) is 9.42. The molecule has 0 unspecified atom stereocenters. The first-order valence-electron chi connectivity index (χ1n) is 5.99. The first-order valence-corrected chi connectivity index (χ1v) is 6.80. The minimum Gasteiger partial charge on any atom is -0.305 e. The van der Waals surface area contributed by atoms with Gasteiger partial charge < -0.3 is 5.32 Å². The molecule has 0 aliphatic heterocycles. The zero-order valence-electron chi connectivity index (χ0n) is 10.2. The number of thiophene rings is 1. The maximum atomic E-state index is 3.89. The summed E-state index contributed by atoms with van der Waals surface area (Å²) in [5.41, 5.74) is 1.26. The van der Waals surface area contributed by atoms with Crippen LogP contribution in [0, 0.1) is 0 Å². The molecular weight excluding hydrogens is 258 g/mol. The van der Waals surface area contributed by atoms with E-state index in [1.54, 1.807) is 11.3 Å². The predicted molar refractivity (Wildman–Crippen MR) is 74.5 cm³/mol. The van der Waals surface area contributed by atoms with Crippen molar-refractivity contribution in [3.8, 4) is 10.4 Å². The van der Waals surface area contributed by atoms with Gasteiger partial charge in [0.15, 0.2) is 5.82 Å². The molecule has 6 heteroatoms. The third-order valence-corrected chi connectivity index (χ3v) is 3.83. The number of nitrogens with one attached hydrogen (secondary N) is 2. The van der Waals surface area contributed by atoms with Crippen LogP contribution in [0.1, 0.15) is 10.7 Å². The van der Waals surface area contributed by atoms with E-state index in [1.165, 1.54) is 15.3 Å². The van der Waals surface area contributed by atoms with Crippen molar-refractivity contribution in [1.82, 2.24) is 25.9 Å². The molecular formula is C13H13N5S. The number of rotatable bonds is 5. The van der Waals surface area contributed by atoms with Gasteiger partial charge in [-0.25, -0.2) is 0 Å². The second kappa shape index (κ2) is 5.73. The highest BCUT2D eigenvalue weighted by Gasteiger charge is 2.03. The molecule has 0 fully saturated rings. The minimum atomic E-state index is 0.620. The SMILES string of the molecule is c1ccc(-c2ccc(CNCc3nn[nH]n3)s2)cc1. The summed E-state index contributed by atoms with van der Waals surface area (Å²) in [5.74, 6) is 0.680. The van der Waals surface area contributed by atoms with Crippen molar-refractivity contribution in [2.24, 2.45) is 0 Å². The Morgan fingerprint density at radius 2 is 1.95 bits per heavy atom. The van der Waals surface area contributed by atoms with Crippen molar-refractivity contribution in [3.05, 3.63) is 53.2 Å². The first kappa shape index (κ1) is 12.0. The molecule has 5 nitrogen and oxygen atoms in total. The van der Waals surface area contributed by atoms with Crippen molar-refractivity contribution >= 4 is 11.3 Å². The average Bonchev–Trinajstić information content (AvgIpc) is 3.11. The number of hydrogen-bond acceptors (Lipinski definition) is 5. The van der Waals surface area contributed by atoms with Gasteiger partial charge in [0.05, 0.1) is 6.54 Å². The zero-order chi connectivity index (χ0) is 12.9. The highest BCUT2D eigenvalue weighted by molar-refractivity contribution is 7.15. The van der Waals surface area contributed by atoms with Crippen LogP contribution in [-0.4, -0.2) is 20.6 Å². The van der Waals surface area contributed by atoms with E-state index >= 15 is 0 Å². The van der Waals surface area contributed by atoms with Gasteiger partial charge in [0.25, 0.3) is 0 Å². The van der Waals surface area contributed by atoms with Gasteiger partial charge in [-0.15, -0.1) is 21.5 Å². The van der Waals surface area contributed by atoms with Crippen molar-refractivity contribution in [2.45, 2.75) is 13.1 Å². The van der Waals surface area contributed by atoms with Gasteiger partial charge in [-0.3, -0.25) is 0 Å². The molecule has 0 aliphatic rings. The standard InChI is InChI=1S/C13H13N5S/c1-2-4-10(5-3-1)12-7-6-11(19-12)8-14-9-13-15-17-18-16-13/h1-7,14H,8-9H2,(H,15,16,17,18). The van der Waals surface area contributed by atoms with E-state index < -0.39 is 0 Å². The number of tetrazole rings is 1. The smallest absolute Gasteiger partial charge is 0.188 e. The third kappa shape index (κ3) is 3.04. The Balaban J connectivity index is 1.59. The molecule has 2 aromatic heterocycles. The Morgan fingerprint density at radius 1 is 1.05 bits per heavy atom.